The van der Waals surface area contributed by atoms with Crippen molar-refractivity contribution in [2.75, 3.05) is 11.1 Å². The Bertz CT molecular complexity index is 744. The molecule has 0 amide bonds. The number of nitrogens with one attached hydrogen (secondary N) is 1. The summed E-state index contributed by atoms with van der Waals surface area (Å²) in [4.78, 5) is 16.4. The van der Waals surface area contributed by atoms with Crippen LogP contribution in [0.15, 0.2) is 24.9 Å². The van der Waals surface area contributed by atoms with E-state index in [2.05, 4.69) is 30.4 Å². The van der Waals surface area contributed by atoms with E-state index in [0.717, 1.165) is 11.3 Å². The summed E-state index contributed by atoms with van der Waals surface area (Å²) >= 11 is 0. The predicted octanol–water partition coefficient (Wildman–Crippen LogP) is 0.294. The lowest BCUT2D eigenvalue weighted by molar-refractivity contribution is 0.756. The molecule has 108 valence electrons. The lowest BCUT2D eigenvalue weighted by Gasteiger charge is -2.07. The highest BCUT2D eigenvalue weighted by atomic mass is 15.3. The molecule has 0 bridgehead atoms. The Kier molecular flexibility index (Phi) is 3.22. The molecular weight excluding hydrogens is 270 g/mol. The monoisotopic (exact) mass is 285 g/mol. The molecule has 3 rings (SSSR count). The molecule has 21 heavy (non-hydrogen) atoms. The van der Waals surface area contributed by atoms with E-state index in [1.807, 2.05) is 20.2 Å². The first-order valence-electron chi connectivity index (χ1n) is 6.34. The molecule has 9 heteroatoms. The molecule has 0 aliphatic carbocycles. The standard InChI is InChI=1S/C12H15N9/c1-8-9(6-20(2)19-8)5-15-11-16-10(13)17-12(18-11)21-4-3-14-7-21/h3-4,6-7H,5H2,1-2H3,(H3,13,15,16,17,18). The number of aromatic nitrogens is 7. The van der Waals surface area contributed by atoms with Crippen molar-refractivity contribution < 1.29 is 0 Å². The van der Waals surface area contributed by atoms with Gasteiger partial charge in [-0.3, -0.25) is 9.25 Å². The highest BCUT2D eigenvalue weighted by Gasteiger charge is 2.08. The maximum atomic E-state index is 5.72. The fourth-order valence-corrected chi connectivity index (χ4v) is 1.95. The maximum absolute atomic E-state index is 5.72. The summed E-state index contributed by atoms with van der Waals surface area (Å²) in [6.45, 7) is 2.52. The Labute approximate surface area is 120 Å². The van der Waals surface area contributed by atoms with Gasteiger partial charge in [0.25, 0.3) is 0 Å². The summed E-state index contributed by atoms with van der Waals surface area (Å²) < 4.78 is 3.43. The number of nitrogens with zero attached hydrogens (tertiary/aromatic N) is 7. The fraction of sp³-hybridized carbons (Fsp3) is 0.250. The third-order valence-electron chi connectivity index (χ3n) is 2.93. The highest BCUT2D eigenvalue weighted by Crippen LogP contribution is 2.10. The topological polar surface area (TPSA) is 112 Å². The lowest BCUT2D eigenvalue weighted by atomic mass is 10.3. The molecule has 3 N–H and O–H groups in total. The molecule has 3 aromatic heterocycles. The molecule has 0 aliphatic heterocycles. The molecule has 0 aromatic carbocycles. The van der Waals surface area contributed by atoms with E-state index in [4.69, 9.17) is 5.73 Å². The van der Waals surface area contributed by atoms with Gasteiger partial charge < -0.3 is 11.1 Å². The third kappa shape index (κ3) is 2.81. The average molecular weight is 285 g/mol. The number of hydrogen-bond donors (Lipinski definition) is 2. The van der Waals surface area contributed by atoms with E-state index >= 15 is 0 Å². The molecule has 0 fully saturated rings. The van der Waals surface area contributed by atoms with Gasteiger partial charge in [0, 0.05) is 37.7 Å². The van der Waals surface area contributed by atoms with Crippen LogP contribution >= 0.6 is 0 Å². The number of hydrogen-bond acceptors (Lipinski definition) is 7. The molecule has 0 spiro atoms. The van der Waals surface area contributed by atoms with Crippen molar-refractivity contribution in [1.29, 1.82) is 0 Å². The normalized spacial score (nSPS) is 10.8. The molecule has 3 heterocycles. The van der Waals surface area contributed by atoms with Crippen molar-refractivity contribution in [2.45, 2.75) is 13.5 Å². The number of nitrogen functional groups attached to an aromatic ring is 1. The van der Waals surface area contributed by atoms with Gasteiger partial charge in [0.2, 0.25) is 17.8 Å². The second-order valence-electron chi connectivity index (χ2n) is 4.55. The quantitative estimate of drug-likeness (QED) is 0.708. The van der Waals surface area contributed by atoms with Crippen LogP contribution in [0.1, 0.15) is 11.3 Å². The molecule has 0 saturated heterocycles. The Morgan fingerprint density at radius 2 is 2.14 bits per heavy atom. The second-order valence-corrected chi connectivity index (χ2v) is 4.55. The molecule has 0 atom stereocenters. The second kappa shape index (κ2) is 5.19. The van der Waals surface area contributed by atoms with Gasteiger partial charge in [-0.25, -0.2) is 4.98 Å². The summed E-state index contributed by atoms with van der Waals surface area (Å²) in [6, 6.07) is 0. The number of anilines is 2. The van der Waals surface area contributed by atoms with E-state index in [-0.39, 0.29) is 5.95 Å². The van der Waals surface area contributed by atoms with Crippen LogP contribution in [-0.2, 0) is 13.6 Å². The van der Waals surface area contributed by atoms with Crippen molar-refractivity contribution >= 4 is 11.9 Å². The van der Waals surface area contributed by atoms with Crippen molar-refractivity contribution in [1.82, 2.24) is 34.3 Å². The molecule has 0 saturated carbocycles. The van der Waals surface area contributed by atoms with Crippen LogP contribution in [0, 0.1) is 6.92 Å². The van der Waals surface area contributed by atoms with Crippen LogP contribution in [-0.4, -0.2) is 34.3 Å². The van der Waals surface area contributed by atoms with Gasteiger partial charge in [0.05, 0.1) is 5.69 Å². The summed E-state index contributed by atoms with van der Waals surface area (Å²) in [5.41, 5.74) is 7.75. The van der Waals surface area contributed by atoms with Gasteiger partial charge in [0.15, 0.2) is 0 Å². The Morgan fingerprint density at radius 3 is 2.81 bits per heavy atom. The van der Waals surface area contributed by atoms with Crippen molar-refractivity contribution in [3.8, 4) is 5.95 Å². The zero-order chi connectivity index (χ0) is 14.8. The number of rotatable bonds is 4. The minimum Gasteiger partial charge on any atom is -0.368 e. The van der Waals surface area contributed by atoms with Crippen LogP contribution in [0.4, 0.5) is 11.9 Å². The third-order valence-corrected chi connectivity index (χ3v) is 2.93. The van der Waals surface area contributed by atoms with E-state index in [0.29, 0.717) is 18.4 Å². The van der Waals surface area contributed by atoms with Crippen LogP contribution in [0.2, 0.25) is 0 Å². The Morgan fingerprint density at radius 1 is 1.29 bits per heavy atom. The predicted molar refractivity (Wildman–Crippen MR) is 76.6 cm³/mol. The first-order chi connectivity index (χ1) is 10.1. The van der Waals surface area contributed by atoms with Crippen LogP contribution in [0.3, 0.4) is 0 Å². The van der Waals surface area contributed by atoms with Gasteiger partial charge >= 0.3 is 0 Å². The van der Waals surface area contributed by atoms with Gasteiger partial charge in [-0.15, -0.1) is 0 Å². The maximum Gasteiger partial charge on any atom is 0.241 e. The molecule has 0 radical (unpaired) electrons. The molecule has 9 nitrogen and oxygen atoms in total. The van der Waals surface area contributed by atoms with E-state index in [1.54, 1.807) is 28.0 Å². The van der Waals surface area contributed by atoms with Crippen molar-refractivity contribution in [3.05, 3.63) is 36.2 Å². The lowest BCUT2D eigenvalue weighted by Crippen LogP contribution is -2.10. The van der Waals surface area contributed by atoms with Gasteiger partial charge in [-0.1, -0.05) is 0 Å². The average Bonchev–Trinajstić information content (AvgIpc) is 3.06. The number of nitrogens with two attached hydrogens (primary N) is 1. The van der Waals surface area contributed by atoms with Gasteiger partial charge in [0.1, 0.15) is 6.33 Å². The fourth-order valence-electron chi connectivity index (χ4n) is 1.95. The van der Waals surface area contributed by atoms with Gasteiger partial charge in [-0.05, 0) is 6.92 Å². The Balaban J connectivity index is 1.81. The minimum atomic E-state index is 0.152. The Hall–Kier alpha value is -2.97. The van der Waals surface area contributed by atoms with E-state index in [9.17, 15) is 0 Å². The van der Waals surface area contributed by atoms with Crippen molar-refractivity contribution in [2.24, 2.45) is 7.05 Å². The first-order valence-corrected chi connectivity index (χ1v) is 6.34. The zero-order valence-electron chi connectivity index (χ0n) is 11.7. The summed E-state index contributed by atoms with van der Waals surface area (Å²) in [5, 5.41) is 7.41. The minimum absolute atomic E-state index is 0.152. The zero-order valence-corrected chi connectivity index (χ0v) is 11.7. The molecule has 0 aliphatic rings. The summed E-state index contributed by atoms with van der Waals surface area (Å²) in [7, 11) is 1.88. The van der Waals surface area contributed by atoms with Gasteiger partial charge in [-0.2, -0.15) is 20.1 Å². The van der Waals surface area contributed by atoms with Crippen LogP contribution in [0.25, 0.3) is 5.95 Å². The highest BCUT2D eigenvalue weighted by molar-refractivity contribution is 5.36. The SMILES string of the molecule is Cc1nn(C)cc1CNc1nc(N)nc(-n2ccnc2)n1. The summed E-state index contributed by atoms with van der Waals surface area (Å²) in [5.74, 6) is 0.985. The number of aryl methyl sites for hydroxylation is 2. The largest absolute Gasteiger partial charge is 0.368 e. The molecule has 0 unspecified atom stereocenters. The molecule has 3 aromatic rings. The summed E-state index contributed by atoms with van der Waals surface area (Å²) in [6.07, 6.45) is 6.93. The van der Waals surface area contributed by atoms with Crippen LogP contribution in [0.5, 0.6) is 0 Å². The van der Waals surface area contributed by atoms with Crippen LogP contribution < -0.4 is 11.1 Å². The van der Waals surface area contributed by atoms with E-state index in [1.165, 1.54) is 0 Å². The first kappa shape index (κ1) is 13.0. The smallest absolute Gasteiger partial charge is 0.241 e. The number of imidazole rings is 1. The van der Waals surface area contributed by atoms with Crippen molar-refractivity contribution in [3.63, 3.8) is 0 Å². The van der Waals surface area contributed by atoms with E-state index < -0.39 is 0 Å². The molecular formula is C12H15N9.